The summed E-state index contributed by atoms with van der Waals surface area (Å²) in [6, 6.07) is 3.44. The molecule has 1 aromatic carbocycles. The van der Waals surface area contributed by atoms with Gasteiger partial charge in [0, 0.05) is 36.4 Å². The summed E-state index contributed by atoms with van der Waals surface area (Å²) in [6.45, 7) is 1.99. The van der Waals surface area contributed by atoms with E-state index in [2.05, 4.69) is 5.32 Å². The summed E-state index contributed by atoms with van der Waals surface area (Å²) >= 11 is 0. The molecule has 3 rings (SSSR count). The van der Waals surface area contributed by atoms with Crippen molar-refractivity contribution in [2.75, 3.05) is 20.3 Å². The quantitative estimate of drug-likeness (QED) is 0.631. The van der Waals surface area contributed by atoms with Gasteiger partial charge in [-0.1, -0.05) is 6.07 Å². The molecule has 144 valence electrons. The molecule has 0 amide bonds. The fraction of sp³-hybridized carbons (Fsp3) is 0.400. The van der Waals surface area contributed by atoms with E-state index in [9.17, 15) is 18.4 Å². The maximum Gasteiger partial charge on any atom is 0.336 e. The molecule has 27 heavy (non-hydrogen) atoms. The number of halogens is 2. The Morgan fingerprint density at radius 1 is 1.22 bits per heavy atom. The molecule has 0 saturated carbocycles. The van der Waals surface area contributed by atoms with Crippen molar-refractivity contribution < 1.29 is 27.8 Å². The Kier molecular flexibility index (Phi) is 5.70. The third-order valence-corrected chi connectivity index (χ3v) is 4.79. The van der Waals surface area contributed by atoms with Crippen molar-refractivity contribution in [2.45, 2.75) is 32.1 Å². The Labute approximate surface area is 156 Å². The predicted octanol–water partition coefficient (Wildman–Crippen LogP) is 3.12. The van der Waals surface area contributed by atoms with Gasteiger partial charge in [0.05, 0.1) is 12.2 Å². The highest BCUT2D eigenvalue weighted by Crippen LogP contribution is 2.42. The second kappa shape index (κ2) is 8.00. The zero-order chi connectivity index (χ0) is 19.6. The number of allylic oxidation sites excluding steroid dienone is 3. The van der Waals surface area contributed by atoms with Crippen LogP contribution < -0.4 is 5.32 Å². The molecule has 0 fully saturated rings. The van der Waals surface area contributed by atoms with Crippen LogP contribution in [-0.4, -0.2) is 32.1 Å². The molecule has 0 bridgehead atoms. The van der Waals surface area contributed by atoms with Crippen LogP contribution >= 0.6 is 0 Å². The fourth-order valence-electron chi connectivity index (χ4n) is 3.57. The molecule has 7 heteroatoms. The van der Waals surface area contributed by atoms with Gasteiger partial charge in [0.15, 0.2) is 17.4 Å². The predicted molar refractivity (Wildman–Crippen MR) is 93.7 cm³/mol. The summed E-state index contributed by atoms with van der Waals surface area (Å²) in [7, 11) is 1.49. The van der Waals surface area contributed by atoms with Gasteiger partial charge >= 0.3 is 5.97 Å². The van der Waals surface area contributed by atoms with Crippen molar-refractivity contribution in [1.29, 1.82) is 0 Å². The zero-order valence-electron chi connectivity index (χ0n) is 15.2. The van der Waals surface area contributed by atoms with Gasteiger partial charge in [0.1, 0.15) is 6.61 Å². The third-order valence-electron chi connectivity index (χ3n) is 4.79. The lowest BCUT2D eigenvalue weighted by molar-refractivity contribution is -0.140. The van der Waals surface area contributed by atoms with Crippen LogP contribution in [0.25, 0.3) is 0 Å². The SMILES string of the molecule is COCCOC(=O)C1=C(C)NC2=C(C(=O)CCC2)C1c1ccc(F)c(F)c1. The largest absolute Gasteiger partial charge is 0.460 e. The first kappa shape index (κ1) is 19.2. The molecule has 0 radical (unpaired) electrons. The number of methoxy groups -OCH3 is 1. The van der Waals surface area contributed by atoms with Gasteiger partial charge in [-0.05, 0) is 37.5 Å². The minimum atomic E-state index is -1.03. The number of Topliss-reactive ketones (excluding diaryl/α,β-unsaturated/α-hetero) is 1. The van der Waals surface area contributed by atoms with Gasteiger partial charge in [-0.15, -0.1) is 0 Å². The molecule has 1 heterocycles. The summed E-state index contributed by atoms with van der Waals surface area (Å²) in [6.07, 6.45) is 1.71. The minimum Gasteiger partial charge on any atom is -0.460 e. The van der Waals surface area contributed by atoms with Gasteiger partial charge in [-0.3, -0.25) is 4.79 Å². The van der Waals surface area contributed by atoms with Gasteiger partial charge in [-0.25, -0.2) is 13.6 Å². The zero-order valence-corrected chi connectivity index (χ0v) is 15.2. The van der Waals surface area contributed by atoms with Crippen molar-refractivity contribution >= 4 is 11.8 Å². The third kappa shape index (κ3) is 3.78. The molecule has 1 atom stereocenters. The van der Waals surface area contributed by atoms with E-state index in [4.69, 9.17) is 9.47 Å². The number of ketones is 1. The van der Waals surface area contributed by atoms with E-state index in [0.29, 0.717) is 36.1 Å². The number of carbonyl (C=O) groups is 2. The number of carbonyl (C=O) groups excluding carboxylic acids is 2. The van der Waals surface area contributed by atoms with Crippen LogP contribution in [0.2, 0.25) is 0 Å². The number of benzene rings is 1. The van der Waals surface area contributed by atoms with Crippen molar-refractivity contribution in [3.05, 3.63) is 57.9 Å². The van der Waals surface area contributed by atoms with Crippen LogP contribution in [0.3, 0.4) is 0 Å². The first-order valence-electron chi connectivity index (χ1n) is 8.79. The number of rotatable bonds is 5. The number of hydrogen-bond acceptors (Lipinski definition) is 5. The second-order valence-corrected chi connectivity index (χ2v) is 6.57. The summed E-state index contributed by atoms with van der Waals surface area (Å²) in [5, 5.41) is 3.13. The average Bonchev–Trinajstić information content (AvgIpc) is 2.63. The number of ether oxygens (including phenoxy) is 2. The number of hydrogen-bond donors (Lipinski definition) is 1. The van der Waals surface area contributed by atoms with Crippen LogP contribution in [-0.2, 0) is 19.1 Å². The second-order valence-electron chi connectivity index (χ2n) is 6.57. The Balaban J connectivity index is 2.08. The first-order valence-corrected chi connectivity index (χ1v) is 8.79. The molecule has 1 aliphatic heterocycles. The molecule has 0 aromatic heterocycles. The van der Waals surface area contributed by atoms with Gasteiger partial charge in [0.2, 0.25) is 0 Å². The minimum absolute atomic E-state index is 0.0520. The lowest BCUT2D eigenvalue weighted by Gasteiger charge is -2.34. The summed E-state index contributed by atoms with van der Waals surface area (Å²) in [5.41, 5.74) is 2.27. The van der Waals surface area contributed by atoms with Crippen molar-refractivity contribution in [3.8, 4) is 0 Å². The van der Waals surface area contributed by atoms with E-state index in [1.165, 1.54) is 13.2 Å². The monoisotopic (exact) mass is 377 g/mol. The van der Waals surface area contributed by atoms with Crippen LogP contribution in [0.4, 0.5) is 8.78 Å². The van der Waals surface area contributed by atoms with Crippen LogP contribution in [0, 0.1) is 11.6 Å². The molecule has 1 unspecified atom stereocenters. The van der Waals surface area contributed by atoms with Crippen molar-refractivity contribution in [1.82, 2.24) is 5.32 Å². The number of dihydropyridines is 1. The maximum atomic E-state index is 13.9. The maximum absolute atomic E-state index is 13.9. The highest BCUT2D eigenvalue weighted by Gasteiger charge is 2.39. The summed E-state index contributed by atoms with van der Waals surface area (Å²) in [5.74, 6) is -3.52. The van der Waals surface area contributed by atoms with Crippen LogP contribution in [0.1, 0.15) is 37.7 Å². The molecule has 1 aliphatic carbocycles. The summed E-state index contributed by atoms with van der Waals surface area (Å²) in [4.78, 5) is 25.4. The first-order chi connectivity index (χ1) is 12.9. The normalized spacial score (nSPS) is 19.7. The van der Waals surface area contributed by atoms with E-state index >= 15 is 0 Å². The van der Waals surface area contributed by atoms with E-state index < -0.39 is 23.5 Å². The Hall–Kier alpha value is -2.54. The van der Waals surface area contributed by atoms with E-state index in [-0.39, 0.29) is 24.6 Å². The molecule has 1 N–H and O–H groups in total. The highest BCUT2D eigenvalue weighted by atomic mass is 19.2. The van der Waals surface area contributed by atoms with E-state index in [0.717, 1.165) is 17.8 Å². The smallest absolute Gasteiger partial charge is 0.336 e. The van der Waals surface area contributed by atoms with Gasteiger partial charge in [0.25, 0.3) is 0 Å². The van der Waals surface area contributed by atoms with Crippen LogP contribution in [0.15, 0.2) is 40.7 Å². The average molecular weight is 377 g/mol. The van der Waals surface area contributed by atoms with Crippen LogP contribution in [0.5, 0.6) is 0 Å². The fourth-order valence-corrected chi connectivity index (χ4v) is 3.57. The van der Waals surface area contributed by atoms with Gasteiger partial charge < -0.3 is 14.8 Å². The topological polar surface area (TPSA) is 64.6 Å². The van der Waals surface area contributed by atoms with Gasteiger partial charge in [-0.2, -0.15) is 0 Å². The molecule has 0 spiro atoms. The lowest BCUT2D eigenvalue weighted by Crippen LogP contribution is -2.34. The molecule has 1 aromatic rings. The standard InChI is InChI=1S/C20H21F2NO4/c1-11-17(20(25)27-9-8-26-2)18(12-6-7-13(21)14(22)10-12)19-15(23-11)4-3-5-16(19)24/h6-7,10,18,23H,3-5,8-9H2,1-2H3. The molecule has 0 saturated heterocycles. The molecular formula is C20H21F2NO4. The molecular weight excluding hydrogens is 356 g/mol. The van der Waals surface area contributed by atoms with Crippen molar-refractivity contribution in [2.24, 2.45) is 0 Å². The lowest BCUT2D eigenvalue weighted by atomic mass is 9.75. The Morgan fingerprint density at radius 2 is 2.00 bits per heavy atom. The molecule has 2 aliphatic rings. The van der Waals surface area contributed by atoms with E-state index in [1.807, 2.05) is 0 Å². The Morgan fingerprint density at radius 3 is 2.70 bits per heavy atom. The summed E-state index contributed by atoms with van der Waals surface area (Å²) < 4.78 is 37.5. The Bertz CT molecular complexity index is 844. The number of esters is 1. The number of nitrogens with one attached hydrogen (secondary N) is 1. The molecule has 5 nitrogen and oxygen atoms in total. The van der Waals surface area contributed by atoms with E-state index in [1.54, 1.807) is 6.92 Å². The van der Waals surface area contributed by atoms with Crippen molar-refractivity contribution in [3.63, 3.8) is 0 Å². The highest BCUT2D eigenvalue weighted by molar-refractivity contribution is 6.03.